The lowest BCUT2D eigenvalue weighted by atomic mass is 10.2. The molecule has 0 amide bonds. The van der Waals surface area contributed by atoms with Crippen LogP contribution in [-0.4, -0.2) is 45.5 Å². The van der Waals surface area contributed by atoms with Crippen LogP contribution in [0.25, 0.3) is 11.4 Å². The predicted octanol–water partition coefficient (Wildman–Crippen LogP) is 3.42. The lowest BCUT2D eigenvalue weighted by Gasteiger charge is -2.23. The van der Waals surface area contributed by atoms with Crippen molar-refractivity contribution in [3.05, 3.63) is 53.6 Å². The van der Waals surface area contributed by atoms with Crippen molar-refractivity contribution in [1.29, 1.82) is 0 Å². The highest BCUT2D eigenvalue weighted by molar-refractivity contribution is 7.93. The van der Waals surface area contributed by atoms with Gasteiger partial charge in [0, 0.05) is 30.6 Å². The summed E-state index contributed by atoms with van der Waals surface area (Å²) in [5, 5.41) is 7.80. The second-order valence-corrected chi connectivity index (χ2v) is 10.3. The average Bonchev–Trinajstić information content (AvgIpc) is 3.36. The molecule has 1 saturated carbocycles. The predicted molar refractivity (Wildman–Crippen MR) is 117 cm³/mol. The maximum absolute atomic E-state index is 13.2. The Morgan fingerprint density at radius 2 is 1.81 bits per heavy atom. The Balaban J connectivity index is 1.66. The molecule has 31 heavy (non-hydrogen) atoms. The molecule has 0 aliphatic heterocycles. The van der Waals surface area contributed by atoms with Crippen LogP contribution in [-0.2, 0) is 20.3 Å². The molecule has 1 aliphatic rings. The molecule has 0 saturated heterocycles. The zero-order valence-corrected chi connectivity index (χ0v) is 18.9. The maximum Gasteiger partial charge on any atom is 0.240 e. The van der Waals surface area contributed by atoms with Gasteiger partial charge in [0.1, 0.15) is 11.4 Å². The number of hydrogen-bond acceptors (Lipinski definition) is 7. The fourth-order valence-corrected chi connectivity index (χ4v) is 4.63. The SMILES string of the molecule is COC(c1ncc(Cl)cn1)C(C)S(=O)(=O)Nc1nnc(-c2ccccc2)n1C1(C)CC1. The maximum atomic E-state index is 13.2. The summed E-state index contributed by atoms with van der Waals surface area (Å²) in [6.07, 6.45) is 3.73. The molecule has 2 heterocycles. The van der Waals surface area contributed by atoms with Crippen LogP contribution in [0.2, 0.25) is 5.02 Å². The van der Waals surface area contributed by atoms with Crippen molar-refractivity contribution < 1.29 is 13.2 Å². The molecule has 2 aromatic heterocycles. The highest BCUT2D eigenvalue weighted by Crippen LogP contribution is 2.47. The Morgan fingerprint density at radius 1 is 1.16 bits per heavy atom. The molecule has 164 valence electrons. The largest absolute Gasteiger partial charge is 0.372 e. The molecule has 0 radical (unpaired) electrons. The number of sulfonamides is 1. The van der Waals surface area contributed by atoms with Crippen LogP contribution >= 0.6 is 11.6 Å². The molecule has 1 aliphatic carbocycles. The highest BCUT2D eigenvalue weighted by Gasteiger charge is 2.44. The van der Waals surface area contributed by atoms with E-state index in [9.17, 15) is 8.42 Å². The van der Waals surface area contributed by atoms with Gasteiger partial charge in [0.15, 0.2) is 11.6 Å². The zero-order chi connectivity index (χ0) is 22.2. The monoisotopic (exact) mass is 462 g/mol. The van der Waals surface area contributed by atoms with Crippen molar-refractivity contribution in [2.75, 3.05) is 11.8 Å². The number of ether oxygens (including phenoxy) is 1. The Bertz CT molecular complexity index is 1160. The van der Waals surface area contributed by atoms with E-state index in [0.29, 0.717) is 10.8 Å². The summed E-state index contributed by atoms with van der Waals surface area (Å²) >= 11 is 5.84. The minimum absolute atomic E-state index is 0.178. The molecule has 0 spiro atoms. The molecule has 4 rings (SSSR count). The number of halogens is 1. The Hall–Kier alpha value is -2.56. The molecule has 1 aromatic carbocycles. The van der Waals surface area contributed by atoms with E-state index in [1.54, 1.807) is 0 Å². The third-order valence-corrected chi connectivity index (χ3v) is 7.39. The average molecular weight is 463 g/mol. The van der Waals surface area contributed by atoms with Crippen LogP contribution in [0.4, 0.5) is 5.95 Å². The number of nitrogens with one attached hydrogen (secondary N) is 1. The van der Waals surface area contributed by atoms with Crippen molar-refractivity contribution in [3.8, 4) is 11.4 Å². The van der Waals surface area contributed by atoms with Crippen LogP contribution in [0.1, 0.15) is 38.6 Å². The minimum Gasteiger partial charge on any atom is -0.372 e. The van der Waals surface area contributed by atoms with Crippen LogP contribution in [0.3, 0.4) is 0 Å². The second-order valence-electron chi connectivity index (χ2n) is 7.81. The number of methoxy groups -OCH3 is 1. The molecule has 11 heteroatoms. The number of anilines is 1. The first-order chi connectivity index (χ1) is 14.7. The van der Waals surface area contributed by atoms with E-state index < -0.39 is 21.4 Å². The number of hydrogen-bond donors (Lipinski definition) is 1. The van der Waals surface area contributed by atoms with E-state index >= 15 is 0 Å². The second kappa shape index (κ2) is 8.18. The molecular formula is C20H23ClN6O3S. The number of rotatable bonds is 8. The van der Waals surface area contributed by atoms with Gasteiger partial charge in [-0.1, -0.05) is 41.9 Å². The fraction of sp³-hybridized carbons (Fsp3) is 0.400. The van der Waals surface area contributed by atoms with E-state index in [1.165, 1.54) is 26.4 Å². The number of aromatic nitrogens is 5. The highest BCUT2D eigenvalue weighted by atomic mass is 35.5. The smallest absolute Gasteiger partial charge is 0.240 e. The Morgan fingerprint density at radius 3 is 2.39 bits per heavy atom. The van der Waals surface area contributed by atoms with Crippen molar-refractivity contribution in [1.82, 2.24) is 24.7 Å². The van der Waals surface area contributed by atoms with Gasteiger partial charge < -0.3 is 4.74 Å². The van der Waals surface area contributed by atoms with Crippen LogP contribution in [0.5, 0.6) is 0 Å². The molecule has 2 atom stereocenters. The van der Waals surface area contributed by atoms with Crippen molar-refractivity contribution in [2.45, 2.75) is 43.6 Å². The van der Waals surface area contributed by atoms with Crippen molar-refractivity contribution in [3.63, 3.8) is 0 Å². The summed E-state index contributed by atoms with van der Waals surface area (Å²) in [6.45, 7) is 3.59. The summed E-state index contributed by atoms with van der Waals surface area (Å²) in [4.78, 5) is 8.22. The minimum atomic E-state index is -3.92. The zero-order valence-electron chi connectivity index (χ0n) is 17.4. The molecule has 0 bridgehead atoms. The molecule has 3 aromatic rings. The fourth-order valence-electron chi connectivity index (χ4n) is 3.40. The Kier molecular flexibility index (Phi) is 5.71. The molecule has 2 unspecified atom stereocenters. The summed E-state index contributed by atoms with van der Waals surface area (Å²) in [7, 11) is -2.51. The van der Waals surface area contributed by atoms with Crippen LogP contribution in [0, 0.1) is 0 Å². The van der Waals surface area contributed by atoms with Crippen LogP contribution in [0.15, 0.2) is 42.7 Å². The third-order valence-electron chi connectivity index (χ3n) is 5.51. The van der Waals surface area contributed by atoms with E-state index in [1.807, 2.05) is 34.9 Å². The van der Waals surface area contributed by atoms with E-state index in [0.717, 1.165) is 18.4 Å². The van der Waals surface area contributed by atoms with Gasteiger partial charge in [0.2, 0.25) is 16.0 Å². The van der Waals surface area contributed by atoms with E-state index in [-0.39, 0.29) is 17.3 Å². The van der Waals surface area contributed by atoms with E-state index in [2.05, 4.69) is 31.8 Å². The topological polar surface area (TPSA) is 112 Å². The lowest BCUT2D eigenvalue weighted by molar-refractivity contribution is 0.0950. The summed E-state index contributed by atoms with van der Waals surface area (Å²) in [5.41, 5.74) is 0.626. The van der Waals surface area contributed by atoms with Gasteiger partial charge >= 0.3 is 0 Å². The quantitative estimate of drug-likeness (QED) is 0.545. The molecule has 9 nitrogen and oxygen atoms in total. The normalized spacial score (nSPS) is 17.2. The van der Waals surface area contributed by atoms with Gasteiger partial charge in [-0.15, -0.1) is 10.2 Å². The lowest BCUT2D eigenvalue weighted by Crippen LogP contribution is -2.34. The molecular weight excluding hydrogens is 440 g/mol. The van der Waals surface area contributed by atoms with Crippen molar-refractivity contribution >= 4 is 27.6 Å². The molecule has 1 N–H and O–H groups in total. The summed E-state index contributed by atoms with van der Waals surface area (Å²) in [5.74, 6) is 1.03. The first-order valence-corrected chi connectivity index (χ1v) is 11.7. The summed E-state index contributed by atoms with van der Waals surface area (Å²) in [6, 6.07) is 9.58. The van der Waals surface area contributed by atoms with E-state index in [4.69, 9.17) is 16.3 Å². The van der Waals surface area contributed by atoms with Crippen molar-refractivity contribution in [2.24, 2.45) is 0 Å². The third kappa shape index (κ3) is 4.28. The van der Waals surface area contributed by atoms with Gasteiger partial charge in [-0.25, -0.2) is 18.4 Å². The van der Waals surface area contributed by atoms with Gasteiger partial charge in [-0.3, -0.25) is 9.29 Å². The van der Waals surface area contributed by atoms with Crippen LogP contribution < -0.4 is 4.72 Å². The first kappa shape index (κ1) is 21.7. The molecule has 1 fully saturated rings. The van der Waals surface area contributed by atoms with Gasteiger partial charge in [-0.05, 0) is 26.7 Å². The number of nitrogens with zero attached hydrogens (tertiary/aromatic N) is 5. The number of benzene rings is 1. The standard InChI is InChI=1S/C20H23ClN6O3S/c1-13(16(30-3)17-22-11-15(21)12-23-17)31(28,29)26-19-25-24-18(14-7-5-4-6-8-14)27(19)20(2)9-10-20/h4-8,11-13,16H,9-10H2,1-3H3,(H,25,26). The first-order valence-electron chi connectivity index (χ1n) is 9.78. The van der Waals surface area contributed by atoms with Gasteiger partial charge in [0.05, 0.1) is 5.02 Å². The van der Waals surface area contributed by atoms with Gasteiger partial charge in [0.25, 0.3) is 0 Å². The summed E-state index contributed by atoms with van der Waals surface area (Å²) < 4.78 is 36.4. The van der Waals surface area contributed by atoms with Gasteiger partial charge in [-0.2, -0.15) is 0 Å². The Labute approximate surface area is 185 Å².